The first kappa shape index (κ1) is 15.7. The standard InChI is InChI=1S/C16H32/c1-5-6-7-8-9-10-13-16(4)14-11-12-15(2)3/h16H,2,5-14H2,1,3-4H3/t16-/m0/s1. The molecular formula is C16H32. The first-order valence-electron chi connectivity index (χ1n) is 7.31. The van der Waals surface area contributed by atoms with Crippen molar-refractivity contribution in [3.63, 3.8) is 0 Å². The van der Waals surface area contributed by atoms with Gasteiger partial charge >= 0.3 is 0 Å². The summed E-state index contributed by atoms with van der Waals surface area (Å²) in [5, 5.41) is 0. The van der Waals surface area contributed by atoms with Gasteiger partial charge < -0.3 is 0 Å². The summed E-state index contributed by atoms with van der Waals surface area (Å²) in [4.78, 5) is 0. The Morgan fingerprint density at radius 1 is 0.938 bits per heavy atom. The third-order valence-electron chi connectivity index (χ3n) is 3.35. The minimum absolute atomic E-state index is 0.922. The van der Waals surface area contributed by atoms with Crippen molar-refractivity contribution < 1.29 is 0 Å². The first-order valence-corrected chi connectivity index (χ1v) is 7.31. The van der Waals surface area contributed by atoms with Crippen molar-refractivity contribution in [2.75, 3.05) is 0 Å². The second kappa shape index (κ2) is 11.2. The van der Waals surface area contributed by atoms with Crippen LogP contribution in [-0.4, -0.2) is 0 Å². The molecule has 0 aliphatic rings. The lowest BCUT2D eigenvalue weighted by molar-refractivity contribution is 0.444. The fourth-order valence-corrected chi connectivity index (χ4v) is 2.17. The van der Waals surface area contributed by atoms with Gasteiger partial charge in [0, 0.05) is 0 Å². The van der Waals surface area contributed by atoms with Crippen LogP contribution in [0.2, 0.25) is 0 Å². The Morgan fingerprint density at radius 3 is 2.12 bits per heavy atom. The van der Waals surface area contributed by atoms with Gasteiger partial charge in [0.25, 0.3) is 0 Å². The molecule has 0 nitrogen and oxygen atoms in total. The van der Waals surface area contributed by atoms with E-state index < -0.39 is 0 Å². The van der Waals surface area contributed by atoms with Crippen LogP contribution < -0.4 is 0 Å². The Bertz CT molecular complexity index is 157. The van der Waals surface area contributed by atoms with Crippen molar-refractivity contribution in [3.05, 3.63) is 12.2 Å². The smallest absolute Gasteiger partial charge is 0.0326 e. The zero-order valence-corrected chi connectivity index (χ0v) is 11.9. The topological polar surface area (TPSA) is 0 Å². The highest BCUT2D eigenvalue weighted by Gasteiger charge is 2.01. The molecule has 0 spiro atoms. The number of hydrogen-bond acceptors (Lipinski definition) is 0. The average molecular weight is 224 g/mol. The highest BCUT2D eigenvalue weighted by molar-refractivity contribution is 4.87. The molecule has 0 unspecified atom stereocenters. The number of allylic oxidation sites excluding steroid dienone is 1. The molecule has 0 fully saturated rings. The minimum Gasteiger partial charge on any atom is -0.100 e. The van der Waals surface area contributed by atoms with Crippen LogP contribution in [0.1, 0.15) is 85.0 Å². The van der Waals surface area contributed by atoms with E-state index in [-0.39, 0.29) is 0 Å². The maximum Gasteiger partial charge on any atom is -0.0326 e. The molecular weight excluding hydrogens is 192 g/mol. The van der Waals surface area contributed by atoms with E-state index in [2.05, 4.69) is 27.4 Å². The van der Waals surface area contributed by atoms with Crippen LogP contribution in [0.15, 0.2) is 12.2 Å². The van der Waals surface area contributed by atoms with Crippen molar-refractivity contribution in [2.24, 2.45) is 5.92 Å². The summed E-state index contributed by atoms with van der Waals surface area (Å²) in [7, 11) is 0. The predicted molar refractivity (Wildman–Crippen MR) is 75.8 cm³/mol. The Kier molecular flexibility index (Phi) is 11.0. The molecule has 0 aromatic heterocycles. The van der Waals surface area contributed by atoms with Crippen molar-refractivity contribution in [1.29, 1.82) is 0 Å². The van der Waals surface area contributed by atoms with E-state index in [9.17, 15) is 0 Å². The molecule has 0 aromatic carbocycles. The molecule has 0 aromatic rings. The lowest BCUT2D eigenvalue weighted by Crippen LogP contribution is -1.95. The predicted octanol–water partition coefficient (Wildman–Crippen LogP) is 6.12. The first-order chi connectivity index (χ1) is 7.66. The van der Waals surface area contributed by atoms with Crippen LogP contribution in [0.5, 0.6) is 0 Å². The highest BCUT2D eigenvalue weighted by atomic mass is 14.1. The Balaban J connectivity index is 3.17. The summed E-state index contributed by atoms with van der Waals surface area (Å²) < 4.78 is 0. The zero-order chi connectivity index (χ0) is 12.2. The van der Waals surface area contributed by atoms with Crippen LogP contribution >= 0.6 is 0 Å². The summed E-state index contributed by atoms with van der Waals surface area (Å²) in [6, 6.07) is 0. The highest BCUT2D eigenvalue weighted by Crippen LogP contribution is 2.18. The van der Waals surface area contributed by atoms with E-state index in [1.54, 1.807) is 0 Å². The molecule has 0 heterocycles. The largest absolute Gasteiger partial charge is 0.100 e. The molecule has 0 N–H and O–H groups in total. The number of unbranched alkanes of at least 4 members (excludes halogenated alkanes) is 5. The Hall–Kier alpha value is -0.260. The van der Waals surface area contributed by atoms with Gasteiger partial charge in [0.1, 0.15) is 0 Å². The zero-order valence-electron chi connectivity index (χ0n) is 11.9. The van der Waals surface area contributed by atoms with Crippen molar-refractivity contribution >= 4 is 0 Å². The van der Waals surface area contributed by atoms with Gasteiger partial charge in [-0.15, -0.1) is 6.58 Å². The third-order valence-corrected chi connectivity index (χ3v) is 3.35. The van der Waals surface area contributed by atoms with Gasteiger partial charge in [0.15, 0.2) is 0 Å². The monoisotopic (exact) mass is 224 g/mol. The van der Waals surface area contributed by atoms with E-state index in [0.29, 0.717) is 0 Å². The van der Waals surface area contributed by atoms with Crippen LogP contribution in [0.4, 0.5) is 0 Å². The molecule has 0 saturated carbocycles. The van der Waals surface area contributed by atoms with E-state index in [0.717, 1.165) is 5.92 Å². The van der Waals surface area contributed by atoms with Gasteiger partial charge in [0.05, 0.1) is 0 Å². The average Bonchev–Trinajstić information content (AvgIpc) is 2.22. The molecule has 0 saturated heterocycles. The molecule has 96 valence electrons. The van der Waals surface area contributed by atoms with Gasteiger partial charge in [0.2, 0.25) is 0 Å². The number of rotatable bonds is 11. The molecule has 0 heteroatoms. The fourth-order valence-electron chi connectivity index (χ4n) is 2.17. The SMILES string of the molecule is C=C(C)CCC[C@@H](C)CCCCCCCC. The molecule has 0 aliphatic heterocycles. The maximum atomic E-state index is 3.96. The summed E-state index contributed by atoms with van der Waals surface area (Å²) in [6.45, 7) is 10.8. The quantitative estimate of drug-likeness (QED) is 0.293. The van der Waals surface area contributed by atoms with Gasteiger partial charge in [-0.25, -0.2) is 0 Å². The van der Waals surface area contributed by atoms with E-state index in [4.69, 9.17) is 0 Å². The molecule has 0 rings (SSSR count). The lowest BCUT2D eigenvalue weighted by atomic mass is 9.96. The Labute approximate surface area is 104 Å². The van der Waals surface area contributed by atoms with Crippen molar-refractivity contribution in [1.82, 2.24) is 0 Å². The van der Waals surface area contributed by atoms with Gasteiger partial charge in [-0.1, -0.05) is 70.8 Å². The third kappa shape index (κ3) is 11.8. The van der Waals surface area contributed by atoms with Crippen molar-refractivity contribution in [2.45, 2.75) is 85.0 Å². The van der Waals surface area contributed by atoms with Gasteiger partial charge in [-0.3, -0.25) is 0 Å². The van der Waals surface area contributed by atoms with Gasteiger partial charge in [-0.2, -0.15) is 0 Å². The minimum atomic E-state index is 0.922. The molecule has 0 radical (unpaired) electrons. The molecule has 16 heavy (non-hydrogen) atoms. The second-order valence-electron chi connectivity index (χ2n) is 5.51. The molecule has 0 bridgehead atoms. The Morgan fingerprint density at radius 2 is 1.50 bits per heavy atom. The van der Waals surface area contributed by atoms with Gasteiger partial charge in [-0.05, 0) is 25.7 Å². The number of hydrogen-bond donors (Lipinski definition) is 0. The summed E-state index contributed by atoms with van der Waals surface area (Å²) in [6.07, 6.45) is 14.0. The van der Waals surface area contributed by atoms with E-state index in [1.807, 2.05) is 0 Å². The maximum absolute atomic E-state index is 3.96. The van der Waals surface area contributed by atoms with E-state index in [1.165, 1.54) is 69.8 Å². The van der Waals surface area contributed by atoms with E-state index >= 15 is 0 Å². The summed E-state index contributed by atoms with van der Waals surface area (Å²) in [5.41, 5.74) is 1.34. The normalized spacial score (nSPS) is 12.7. The van der Waals surface area contributed by atoms with Crippen molar-refractivity contribution in [3.8, 4) is 0 Å². The summed E-state index contributed by atoms with van der Waals surface area (Å²) >= 11 is 0. The molecule has 1 atom stereocenters. The molecule has 0 aliphatic carbocycles. The second-order valence-corrected chi connectivity index (χ2v) is 5.51. The fraction of sp³-hybridized carbons (Fsp3) is 0.875. The van der Waals surface area contributed by atoms with Crippen LogP contribution in [0.25, 0.3) is 0 Å². The lowest BCUT2D eigenvalue weighted by Gasteiger charge is -2.10. The summed E-state index contributed by atoms with van der Waals surface area (Å²) in [5.74, 6) is 0.922. The molecule has 0 amide bonds. The van der Waals surface area contributed by atoms with Crippen LogP contribution in [0, 0.1) is 5.92 Å². The van der Waals surface area contributed by atoms with Crippen LogP contribution in [0.3, 0.4) is 0 Å². The van der Waals surface area contributed by atoms with Crippen LogP contribution in [-0.2, 0) is 0 Å².